The molecule has 0 radical (unpaired) electrons. The van der Waals surface area contributed by atoms with Gasteiger partial charge in [0.25, 0.3) is 0 Å². The van der Waals surface area contributed by atoms with Crippen LogP contribution in [0.25, 0.3) is 0 Å². The Morgan fingerprint density at radius 3 is 1.90 bits per heavy atom. The average Bonchev–Trinajstić information content (AvgIpc) is 2.47. The Hall–Kier alpha value is -1.60. The van der Waals surface area contributed by atoms with E-state index in [1.54, 1.807) is 0 Å². The Morgan fingerprint density at radius 2 is 1.45 bits per heavy atom. The lowest BCUT2D eigenvalue weighted by molar-refractivity contribution is -0.121. The Balaban J connectivity index is 2.05. The zero-order chi connectivity index (χ0) is 13.9. The van der Waals surface area contributed by atoms with Gasteiger partial charge in [0.2, 0.25) is 5.24 Å². The Bertz CT molecular complexity index is 673. The number of carbonyl (C=O) groups excluding carboxylic acids is 1. The van der Waals surface area contributed by atoms with E-state index >= 15 is 0 Å². The summed E-state index contributed by atoms with van der Waals surface area (Å²) in [5, 5.41) is -0.212. The summed E-state index contributed by atoms with van der Waals surface area (Å²) in [6.45, 7) is 2.02. The van der Waals surface area contributed by atoms with E-state index in [1.807, 2.05) is 6.92 Å². The van der Waals surface area contributed by atoms with Gasteiger partial charge in [-0.3, -0.25) is 4.79 Å². The monoisotopic (exact) mass is 282 g/mol. The largest absolute Gasteiger partial charge is 0.281 e. The fourth-order valence-corrected chi connectivity index (χ4v) is 4.35. The lowest BCUT2D eigenvalue weighted by Crippen LogP contribution is -2.43. The molecule has 0 aliphatic heterocycles. The highest BCUT2D eigenvalue weighted by Gasteiger charge is 2.53. The van der Waals surface area contributed by atoms with Crippen molar-refractivity contribution in [2.24, 2.45) is 5.41 Å². The third-order valence-corrected chi connectivity index (χ3v) is 5.51. The molecule has 2 heteroatoms. The minimum Gasteiger partial charge on any atom is -0.281 e. The first-order valence-corrected chi connectivity index (χ1v) is 7.38. The molecular weight excluding hydrogens is 268 g/mol. The maximum Gasteiger partial charge on any atom is 0.228 e. The quantitative estimate of drug-likeness (QED) is 0.707. The SMILES string of the molecule is C[C@@]1(C(=O)Cl)CC2c3ccccc3C1c1ccccc12. The van der Waals surface area contributed by atoms with Crippen molar-refractivity contribution in [1.29, 1.82) is 0 Å². The molecule has 1 atom stereocenters. The predicted molar refractivity (Wildman–Crippen MR) is 80.2 cm³/mol. The van der Waals surface area contributed by atoms with E-state index in [2.05, 4.69) is 48.5 Å². The van der Waals surface area contributed by atoms with Crippen LogP contribution >= 0.6 is 11.6 Å². The summed E-state index contributed by atoms with van der Waals surface area (Å²) in [5.74, 6) is 0.380. The van der Waals surface area contributed by atoms with Crippen molar-refractivity contribution in [1.82, 2.24) is 0 Å². The number of rotatable bonds is 1. The number of halogens is 1. The van der Waals surface area contributed by atoms with Gasteiger partial charge in [0.05, 0.1) is 5.41 Å². The van der Waals surface area contributed by atoms with Crippen LogP contribution in [0.5, 0.6) is 0 Å². The van der Waals surface area contributed by atoms with Gasteiger partial charge in [-0.15, -0.1) is 0 Å². The van der Waals surface area contributed by atoms with E-state index in [0.717, 1.165) is 6.42 Å². The normalized spacial score (nSPS) is 29.7. The molecule has 3 aliphatic carbocycles. The number of fused-ring (bicyclic) bond motifs is 1. The molecule has 1 nitrogen and oxygen atoms in total. The fourth-order valence-electron chi connectivity index (χ4n) is 4.16. The minimum absolute atomic E-state index is 0.0879. The number of hydrogen-bond donors (Lipinski definition) is 0. The second-order valence-corrected chi connectivity index (χ2v) is 6.48. The average molecular weight is 283 g/mol. The summed E-state index contributed by atoms with van der Waals surface area (Å²) < 4.78 is 0. The molecule has 0 saturated heterocycles. The first kappa shape index (κ1) is 12.2. The maximum atomic E-state index is 12.1. The first-order chi connectivity index (χ1) is 9.63. The number of benzene rings is 2. The molecular formula is C18H15ClO. The van der Waals surface area contributed by atoms with Gasteiger partial charge in [-0.05, 0) is 40.3 Å². The van der Waals surface area contributed by atoms with Gasteiger partial charge in [0, 0.05) is 11.8 Å². The standard InChI is InChI=1S/C18H15ClO/c1-18(17(19)20)10-15-11-6-2-4-8-13(11)16(18)14-9-5-3-7-12(14)15/h2-9,15-16H,10H2,1H3/t15?,16?,18-/m1/s1. The van der Waals surface area contributed by atoms with Gasteiger partial charge in [0.15, 0.2) is 0 Å². The molecule has 20 heavy (non-hydrogen) atoms. The third kappa shape index (κ3) is 1.36. The Kier molecular flexibility index (Phi) is 2.41. The Morgan fingerprint density at radius 1 is 1.00 bits per heavy atom. The lowest BCUT2D eigenvalue weighted by Gasteiger charge is -2.50. The van der Waals surface area contributed by atoms with Crippen molar-refractivity contribution in [2.45, 2.75) is 25.2 Å². The summed E-state index contributed by atoms with van der Waals surface area (Å²) in [6.07, 6.45) is 0.814. The highest BCUT2D eigenvalue weighted by molar-refractivity contribution is 6.64. The van der Waals surface area contributed by atoms with Crippen molar-refractivity contribution in [3.05, 3.63) is 70.8 Å². The molecule has 0 unspecified atom stereocenters. The minimum atomic E-state index is -0.491. The van der Waals surface area contributed by atoms with E-state index < -0.39 is 5.41 Å². The van der Waals surface area contributed by atoms with Crippen LogP contribution in [0.4, 0.5) is 0 Å². The van der Waals surface area contributed by atoms with Crippen LogP contribution < -0.4 is 0 Å². The van der Waals surface area contributed by atoms with Crippen molar-refractivity contribution in [3.63, 3.8) is 0 Å². The van der Waals surface area contributed by atoms with Crippen LogP contribution in [0.1, 0.15) is 47.4 Å². The van der Waals surface area contributed by atoms with Gasteiger partial charge in [-0.25, -0.2) is 0 Å². The molecule has 0 saturated carbocycles. The van der Waals surface area contributed by atoms with Crippen molar-refractivity contribution in [2.75, 3.05) is 0 Å². The third-order valence-electron chi connectivity index (χ3n) is 5.08. The summed E-state index contributed by atoms with van der Waals surface area (Å²) in [5.41, 5.74) is 4.80. The molecule has 0 heterocycles. The van der Waals surface area contributed by atoms with E-state index in [1.165, 1.54) is 22.3 Å². The van der Waals surface area contributed by atoms with Crippen molar-refractivity contribution >= 4 is 16.8 Å². The second-order valence-electron chi connectivity index (χ2n) is 6.14. The molecule has 0 amide bonds. The molecule has 2 aromatic carbocycles. The van der Waals surface area contributed by atoms with Crippen molar-refractivity contribution in [3.8, 4) is 0 Å². The molecule has 0 aromatic heterocycles. The van der Waals surface area contributed by atoms with Gasteiger partial charge < -0.3 is 0 Å². The molecule has 0 spiro atoms. The van der Waals surface area contributed by atoms with Crippen LogP contribution in [0.15, 0.2) is 48.5 Å². The highest BCUT2D eigenvalue weighted by Crippen LogP contribution is 2.61. The van der Waals surface area contributed by atoms with E-state index in [0.29, 0.717) is 5.92 Å². The number of carbonyl (C=O) groups is 1. The lowest BCUT2D eigenvalue weighted by atomic mass is 9.53. The summed E-state index contributed by atoms with van der Waals surface area (Å²) in [6, 6.07) is 17.0. The summed E-state index contributed by atoms with van der Waals surface area (Å²) in [7, 11) is 0. The topological polar surface area (TPSA) is 17.1 Å². The molecule has 100 valence electrons. The predicted octanol–water partition coefficient (Wildman–Crippen LogP) is 4.44. The van der Waals surface area contributed by atoms with Crippen LogP contribution in [-0.4, -0.2) is 5.24 Å². The smallest absolute Gasteiger partial charge is 0.228 e. The van der Waals surface area contributed by atoms with Gasteiger partial charge >= 0.3 is 0 Å². The zero-order valence-electron chi connectivity index (χ0n) is 11.3. The maximum absolute atomic E-state index is 12.1. The first-order valence-electron chi connectivity index (χ1n) is 7.00. The van der Waals surface area contributed by atoms with E-state index in [4.69, 9.17) is 11.6 Å². The number of hydrogen-bond acceptors (Lipinski definition) is 1. The molecule has 0 N–H and O–H groups in total. The summed E-state index contributed by atoms with van der Waals surface area (Å²) >= 11 is 5.99. The van der Waals surface area contributed by atoms with Crippen molar-refractivity contribution < 1.29 is 4.79 Å². The van der Waals surface area contributed by atoms with Gasteiger partial charge in [0.1, 0.15) is 0 Å². The van der Waals surface area contributed by atoms with Crippen LogP contribution in [0, 0.1) is 5.41 Å². The summed E-state index contributed by atoms with van der Waals surface area (Å²) in [4.78, 5) is 12.1. The molecule has 3 aliphatic rings. The van der Waals surface area contributed by atoms with E-state index in [-0.39, 0.29) is 11.2 Å². The van der Waals surface area contributed by atoms with Crippen LogP contribution in [-0.2, 0) is 4.79 Å². The van der Waals surface area contributed by atoms with Crippen LogP contribution in [0.3, 0.4) is 0 Å². The Labute approximate surface area is 123 Å². The highest BCUT2D eigenvalue weighted by atomic mass is 35.5. The molecule has 5 rings (SSSR count). The fraction of sp³-hybridized carbons (Fsp3) is 0.278. The zero-order valence-corrected chi connectivity index (χ0v) is 12.0. The van der Waals surface area contributed by atoms with Gasteiger partial charge in [-0.2, -0.15) is 0 Å². The molecule has 0 fully saturated rings. The second kappa shape index (κ2) is 3.95. The van der Waals surface area contributed by atoms with Crippen LogP contribution in [0.2, 0.25) is 0 Å². The molecule has 2 aromatic rings. The van der Waals surface area contributed by atoms with E-state index in [9.17, 15) is 4.79 Å². The molecule has 2 bridgehead atoms. The van der Waals surface area contributed by atoms with Gasteiger partial charge in [-0.1, -0.05) is 55.5 Å².